The van der Waals surface area contributed by atoms with Gasteiger partial charge in [-0.2, -0.15) is 0 Å². The van der Waals surface area contributed by atoms with Crippen LogP contribution in [0.5, 0.6) is 0 Å². The Morgan fingerprint density at radius 3 is 3.12 bits per heavy atom. The van der Waals surface area contributed by atoms with Crippen LogP contribution in [0.4, 0.5) is 0 Å². The van der Waals surface area contributed by atoms with E-state index in [-0.39, 0.29) is 16.8 Å². The Balaban J connectivity index is 1.84. The normalized spacial score (nSPS) is 21.5. The first-order valence-corrected chi connectivity index (χ1v) is 6.29. The molecule has 1 aliphatic heterocycles. The number of rotatable bonds is 3. The van der Waals surface area contributed by atoms with Crippen LogP contribution in [0.25, 0.3) is 0 Å². The number of carbonyl (C=O) groups excluding carboxylic acids is 1. The van der Waals surface area contributed by atoms with Crippen molar-refractivity contribution in [2.24, 2.45) is 0 Å². The average molecular weight is 241 g/mol. The van der Waals surface area contributed by atoms with Gasteiger partial charge in [-0.1, -0.05) is 11.3 Å². The van der Waals surface area contributed by atoms with Gasteiger partial charge in [0.05, 0.1) is 0 Å². The van der Waals surface area contributed by atoms with Crippen molar-refractivity contribution in [3.63, 3.8) is 0 Å². The summed E-state index contributed by atoms with van der Waals surface area (Å²) in [5.41, 5.74) is 0.889. The Morgan fingerprint density at radius 2 is 2.38 bits per heavy atom. The van der Waals surface area contributed by atoms with Gasteiger partial charge in [0.25, 0.3) is 0 Å². The molecule has 5 nitrogen and oxygen atoms in total. The SMILES string of the molecule is O=C1CC(NCc2csc(=O)[nH]2)CCCN1. The summed E-state index contributed by atoms with van der Waals surface area (Å²) in [6, 6.07) is 0.214. The van der Waals surface area contributed by atoms with Crippen molar-refractivity contribution in [3.05, 3.63) is 20.7 Å². The van der Waals surface area contributed by atoms with Gasteiger partial charge < -0.3 is 15.6 Å². The fourth-order valence-corrected chi connectivity index (χ4v) is 2.38. The molecule has 0 bridgehead atoms. The van der Waals surface area contributed by atoms with Crippen LogP contribution < -0.4 is 15.5 Å². The van der Waals surface area contributed by atoms with E-state index >= 15 is 0 Å². The summed E-state index contributed by atoms with van der Waals surface area (Å²) in [6.07, 6.45) is 2.52. The third kappa shape index (κ3) is 3.18. The first kappa shape index (κ1) is 11.3. The highest BCUT2D eigenvalue weighted by Crippen LogP contribution is 2.07. The number of H-pyrrole nitrogens is 1. The summed E-state index contributed by atoms with van der Waals surface area (Å²) >= 11 is 1.17. The van der Waals surface area contributed by atoms with Gasteiger partial charge >= 0.3 is 4.87 Å². The zero-order chi connectivity index (χ0) is 11.4. The van der Waals surface area contributed by atoms with Gasteiger partial charge in [-0.3, -0.25) is 9.59 Å². The molecule has 1 aromatic heterocycles. The van der Waals surface area contributed by atoms with E-state index in [2.05, 4.69) is 15.6 Å². The molecule has 1 amide bonds. The van der Waals surface area contributed by atoms with E-state index in [4.69, 9.17) is 0 Å². The summed E-state index contributed by atoms with van der Waals surface area (Å²) < 4.78 is 0. The summed E-state index contributed by atoms with van der Waals surface area (Å²) in [5.74, 6) is 0.105. The fraction of sp³-hybridized carbons (Fsp3) is 0.600. The lowest BCUT2D eigenvalue weighted by molar-refractivity contribution is -0.121. The Labute approximate surface area is 97.3 Å². The van der Waals surface area contributed by atoms with Gasteiger partial charge in [-0.05, 0) is 12.8 Å². The topological polar surface area (TPSA) is 74.0 Å². The van der Waals surface area contributed by atoms with Crippen molar-refractivity contribution in [1.82, 2.24) is 15.6 Å². The molecule has 0 aromatic carbocycles. The van der Waals surface area contributed by atoms with Crippen molar-refractivity contribution < 1.29 is 4.79 Å². The minimum atomic E-state index is -0.0320. The van der Waals surface area contributed by atoms with Gasteiger partial charge in [0.1, 0.15) is 0 Å². The molecular formula is C10H15N3O2S. The van der Waals surface area contributed by atoms with E-state index in [1.807, 2.05) is 5.38 Å². The van der Waals surface area contributed by atoms with Crippen molar-refractivity contribution in [2.45, 2.75) is 31.8 Å². The van der Waals surface area contributed by atoms with E-state index in [0.717, 1.165) is 25.1 Å². The van der Waals surface area contributed by atoms with Crippen LogP contribution in [0.15, 0.2) is 10.2 Å². The third-order valence-electron chi connectivity index (χ3n) is 2.64. The minimum Gasteiger partial charge on any atom is -0.356 e. The third-order valence-corrected chi connectivity index (χ3v) is 3.35. The van der Waals surface area contributed by atoms with Crippen LogP contribution >= 0.6 is 11.3 Å². The van der Waals surface area contributed by atoms with Crippen LogP contribution in [-0.2, 0) is 11.3 Å². The smallest absolute Gasteiger partial charge is 0.304 e. The Hall–Kier alpha value is -1.14. The Morgan fingerprint density at radius 1 is 1.50 bits per heavy atom. The molecule has 1 aliphatic rings. The first-order valence-electron chi connectivity index (χ1n) is 5.41. The molecule has 88 valence electrons. The number of carbonyl (C=O) groups is 1. The van der Waals surface area contributed by atoms with Crippen molar-refractivity contribution in [1.29, 1.82) is 0 Å². The number of thiazole rings is 1. The number of nitrogens with one attached hydrogen (secondary N) is 3. The molecule has 2 rings (SSSR count). The highest BCUT2D eigenvalue weighted by molar-refractivity contribution is 7.07. The lowest BCUT2D eigenvalue weighted by Crippen LogP contribution is -2.32. The van der Waals surface area contributed by atoms with Crippen molar-refractivity contribution >= 4 is 17.2 Å². The van der Waals surface area contributed by atoms with Gasteiger partial charge in [0, 0.05) is 36.6 Å². The van der Waals surface area contributed by atoms with E-state index in [9.17, 15) is 9.59 Å². The summed E-state index contributed by atoms with van der Waals surface area (Å²) in [4.78, 5) is 24.9. The maximum atomic E-state index is 11.3. The first-order chi connectivity index (χ1) is 7.74. The zero-order valence-electron chi connectivity index (χ0n) is 8.91. The molecular weight excluding hydrogens is 226 g/mol. The molecule has 0 saturated carbocycles. The second-order valence-corrected chi connectivity index (χ2v) is 4.79. The summed E-state index contributed by atoms with van der Waals surface area (Å²) in [7, 11) is 0. The highest BCUT2D eigenvalue weighted by atomic mass is 32.1. The molecule has 0 spiro atoms. The molecule has 0 aliphatic carbocycles. The monoisotopic (exact) mass is 241 g/mol. The van der Waals surface area contributed by atoms with Crippen molar-refractivity contribution in [2.75, 3.05) is 6.54 Å². The Kier molecular flexibility index (Phi) is 3.74. The van der Waals surface area contributed by atoms with E-state index < -0.39 is 0 Å². The lowest BCUT2D eigenvalue weighted by atomic mass is 10.1. The molecule has 6 heteroatoms. The molecule has 2 heterocycles. The van der Waals surface area contributed by atoms with Crippen LogP contribution in [0.3, 0.4) is 0 Å². The summed E-state index contributed by atoms with van der Waals surface area (Å²) in [6.45, 7) is 1.39. The number of hydrogen-bond donors (Lipinski definition) is 3. The van der Waals surface area contributed by atoms with Gasteiger partial charge in [-0.15, -0.1) is 0 Å². The van der Waals surface area contributed by atoms with E-state index in [1.54, 1.807) is 0 Å². The molecule has 1 saturated heterocycles. The highest BCUT2D eigenvalue weighted by Gasteiger charge is 2.16. The zero-order valence-corrected chi connectivity index (χ0v) is 9.73. The average Bonchev–Trinajstić information content (AvgIpc) is 2.55. The number of aromatic amines is 1. The van der Waals surface area contributed by atoms with Gasteiger partial charge in [0.2, 0.25) is 5.91 Å². The maximum absolute atomic E-state index is 11.3. The Bertz CT molecular complexity index is 412. The molecule has 1 atom stereocenters. The van der Waals surface area contributed by atoms with Crippen LogP contribution in [-0.4, -0.2) is 23.5 Å². The quantitative estimate of drug-likeness (QED) is 0.707. The van der Waals surface area contributed by atoms with E-state index in [1.165, 1.54) is 11.3 Å². The molecule has 1 aromatic rings. The second kappa shape index (κ2) is 5.27. The van der Waals surface area contributed by atoms with Crippen LogP contribution in [0.2, 0.25) is 0 Å². The summed E-state index contributed by atoms with van der Waals surface area (Å²) in [5, 5.41) is 7.95. The largest absolute Gasteiger partial charge is 0.356 e. The molecule has 1 fully saturated rings. The van der Waals surface area contributed by atoms with Gasteiger partial charge in [0.15, 0.2) is 0 Å². The molecule has 3 N–H and O–H groups in total. The number of aromatic nitrogens is 1. The predicted octanol–water partition coefficient (Wildman–Crippen LogP) is 0.195. The maximum Gasteiger partial charge on any atom is 0.304 e. The second-order valence-electron chi connectivity index (χ2n) is 3.95. The molecule has 1 unspecified atom stereocenters. The number of amides is 1. The standard InChI is InChI=1S/C10H15N3O2S/c14-9-4-7(2-1-3-11-9)12-5-8-6-16-10(15)13-8/h6-7,12H,1-5H2,(H,11,14)(H,13,15). The van der Waals surface area contributed by atoms with Crippen LogP contribution in [0.1, 0.15) is 25.0 Å². The van der Waals surface area contributed by atoms with Gasteiger partial charge in [-0.25, -0.2) is 0 Å². The predicted molar refractivity (Wildman–Crippen MR) is 62.4 cm³/mol. The number of hydrogen-bond acceptors (Lipinski definition) is 4. The van der Waals surface area contributed by atoms with Crippen molar-refractivity contribution in [3.8, 4) is 0 Å². The minimum absolute atomic E-state index is 0.0320. The molecule has 16 heavy (non-hydrogen) atoms. The van der Waals surface area contributed by atoms with E-state index in [0.29, 0.717) is 13.0 Å². The van der Waals surface area contributed by atoms with Crippen LogP contribution in [0, 0.1) is 0 Å². The lowest BCUT2D eigenvalue weighted by Gasteiger charge is -2.13. The molecule has 0 radical (unpaired) electrons. The fourth-order valence-electron chi connectivity index (χ4n) is 1.80.